The van der Waals surface area contributed by atoms with Crippen molar-refractivity contribution in [1.82, 2.24) is 10.0 Å². The van der Waals surface area contributed by atoms with Crippen molar-refractivity contribution in [3.63, 3.8) is 0 Å². The average molecular weight is 370 g/mol. The second kappa shape index (κ2) is 9.53. The zero-order valence-electron chi connectivity index (χ0n) is 15.0. The van der Waals surface area contributed by atoms with Crippen molar-refractivity contribution < 1.29 is 22.7 Å². The molecule has 1 atom stereocenters. The van der Waals surface area contributed by atoms with E-state index in [1.807, 2.05) is 20.8 Å². The lowest BCUT2D eigenvalue weighted by atomic mass is 10.0. The third-order valence-electron chi connectivity index (χ3n) is 3.50. The number of sulfonamides is 1. The number of methoxy groups -OCH3 is 1. The molecular formula is C17H26N2O5S. The maximum atomic E-state index is 12.1. The van der Waals surface area contributed by atoms with Gasteiger partial charge in [-0.2, -0.15) is 0 Å². The number of rotatable bonds is 9. The minimum absolute atomic E-state index is 0.0579. The van der Waals surface area contributed by atoms with Crippen LogP contribution in [-0.2, 0) is 24.3 Å². The zero-order chi connectivity index (χ0) is 19.0. The molecule has 140 valence electrons. The standard InChI is InChI=1S/C17H26N2O5S/c1-12(2)11-15(17(21)24-4)19-16(20)9-10-18-25(22,23)14-7-5-13(3)6-8-14/h5-8,12,15,18H,9-11H2,1-4H3,(H,19,20)/t15-/m0/s1. The molecule has 1 aromatic rings. The number of hydrogen-bond donors (Lipinski definition) is 2. The van der Waals surface area contributed by atoms with Crippen molar-refractivity contribution in [2.24, 2.45) is 5.92 Å². The summed E-state index contributed by atoms with van der Waals surface area (Å²) in [5.41, 5.74) is 0.956. The lowest BCUT2D eigenvalue weighted by Gasteiger charge is -2.18. The van der Waals surface area contributed by atoms with Gasteiger partial charge in [0, 0.05) is 13.0 Å². The quantitative estimate of drug-likeness (QED) is 0.639. The van der Waals surface area contributed by atoms with Crippen molar-refractivity contribution in [3.8, 4) is 0 Å². The summed E-state index contributed by atoms with van der Waals surface area (Å²) < 4.78 is 31.3. The molecule has 1 amide bonds. The van der Waals surface area contributed by atoms with Crippen molar-refractivity contribution in [3.05, 3.63) is 29.8 Å². The van der Waals surface area contributed by atoms with Crippen LogP contribution in [0.5, 0.6) is 0 Å². The molecule has 0 radical (unpaired) electrons. The van der Waals surface area contributed by atoms with Crippen LogP contribution in [0, 0.1) is 12.8 Å². The third-order valence-corrected chi connectivity index (χ3v) is 4.98. The van der Waals surface area contributed by atoms with E-state index in [0.29, 0.717) is 6.42 Å². The number of nitrogens with one attached hydrogen (secondary N) is 2. The highest BCUT2D eigenvalue weighted by atomic mass is 32.2. The number of aryl methyl sites for hydroxylation is 1. The van der Waals surface area contributed by atoms with Crippen LogP contribution in [0.1, 0.15) is 32.3 Å². The highest BCUT2D eigenvalue weighted by Crippen LogP contribution is 2.10. The molecule has 0 fully saturated rings. The zero-order valence-corrected chi connectivity index (χ0v) is 15.9. The molecule has 0 aliphatic carbocycles. The number of ether oxygens (including phenoxy) is 1. The second-order valence-corrected chi connectivity index (χ2v) is 8.00. The summed E-state index contributed by atoms with van der Waals surface area (Å²) in [5.74, 6) is -0.727. The minimum Gasteiger partial charge on any atom is -0.467 e. The average Bonchev–Trinajstić information content (AvgIpc) is 2.53. The van der Waals surface area contributed by atoms with Gasteiger partial charge in [0.1, 0.15) is 6.04 Å². The highest BCUT2D eigenvalue weighted by Gasteiger charge is 2.22. The smallest absolute Gasteiger partial charge is 0.328 e. The fourth-order valence-corrected chi connectivity index (χ4v) is 3.23. The van der Waals surface area contributed by atoms with Gasteiger partial charge in [-0.25, -0.2) is 17.9 Å². The first-order chi connectivity index (χ1) is 11.7. The van der Waals surface area contributed by atoms with Gasteiger partial charge in [0.15, 0.2) is 0 Å². The van der Waals surface area contributed by atoms with Crippen LogP contribution >= 0.6 is 0 Å². The summed E-state index contributed by atoms with van der Waals surface area (Å²) >= 11 is 0. The molecule has 0 unspecified atom stereocenters. The summed E-state index contributed by atoms with van der Waals surface area (Å²) in [4.78, 5) is 23.8. The molecule has 7 nitrogen and oxygen atoms in total. The Labute approximate surface area is 149 Å². The van der Waals surface area contributed by atoms with Crippen LogP contribution < -0.4 is 10.0 Å². The van der Waals surface area contributed by atoms with Gasteiger partial charge in [-0.15, -0.1) is 0 Å². The van der Waals surface area contributed by atoms with Gasteiger partial charge in [0.2, 0.25) is 15.9 Å². The molecule has 0 spiro atoms. The molecule has 0 bridgehead atoms. The van der Waals surface area contributed by atoms with Gasteiger partial charge < -0.3 is 10.1 Å². The van der Waals surface area contributed by atoms with E-state index in [9.17, 15) is 18.0 Å². The van der Waals surface area contributed by atoms with Gasteiger partial charge in [-0.1, -0.05) is 31.5 Å². The van der Waals surface area contributed by atoms with E-state index in [-0.39, 0.29) is 23.8 Å². The van der Waals surface area contributed by atoms with Gasteiger partial charge in [-0.3, -0.25) is 4.79 Å². The Morgan fingerprint density at radius 2 is 1.76 bits per heavy atom. The summed E-state index contributed by atoms with van der Waals surface area (Å²) in [5, 5.41) is 2.58. The molecule has 0 aromatic heterocycles. The van der Waals surface area contributed by atoms with Crippen molar-refractivity contribution in [1.29, 1.82) is 0 Å². The van der Waals surface area contributed by atoms with Gasteiger partial charge >= 0.3 is 5.97 Å². The van der Waals surface area contributed by atoms with Crippen molar-refractivity contribution in [2.75, 3.05) is 13.7 Å². The van der Waals surface area contributed by atoms with Crippen LogP contribution in [0.3, 0.4) is 0 Å². The van der Waals surface area contributed by atoms with Crippen LogP contribution in [0.2, 0.25) is 0 Å². The Morgan fingerprint density at radius 3 is 2.28 bits per heavy atom. The van der Waals surface area contributed by atoms with Crippen molar-refractivity contribution >= 4 is 21.9 Å². The van der Waals surface area contributed by atoms with Crippen LogP contribution in [-0.4, -0.2) is 40.0 Å². The van der Waals surface area contributed by atoms with E-state index < -0.39 is 27.9 Å². The topological polar surface area (TPSA) is 102 Å². The third kappa shape index (κ3) is 7.23. The number of benzene rings is 1. The molecule has 0 aliphatic rings. The fourth-order valence-electron chi connectivity index (χ4n) is 2.19. The molecule has 8 heteroatoms. The van der Waals surface area contributed by atoms with Gasteiger partial charge in [0.05, 0.1) is 12.0 Å². The molecule has 1 rings (SSSR count). The first-order valence-corrected chi connectivity index (χ1v) is 9.57. The number of hydrogen-bond acceptors (Lipinski definition) is 5. The first kappa shape index (κ1) is 21.1. The normalized spacial score (nSPS) is 12.7. The predicted octanol–water partition coefficient (Wildman–Crippen LogP) is 1.37. The number of carbonyl (C=O) groups excluding carboxylic acids is 2. The maximum absolute atomic E-state index is 12.1. The molecule has 25 heavy (non-hydrogen) atoms. The Hall–Kier alpha value is -1.93. The van der Waals surface area contributed by atoms with E-state index in [4.69, 9.17) is 0 Å². The van der Waals surface area contributed by atoms with E-state index >= 15 is 0 Å². The Balaban J connectivity index is 2.55. The van der Waals surface area contributed by atoms with Crippen molar-refractivity contribution in [2.45, 2.75) is 44.6 Å². The SMILES string of the molecule is COC(=O)[C@H](CC(C)C)NC(=O)CCNS(=O)(=O)c1ccc(C)cc1. The molecule has 1 aromatic carbocycles. The van der Waals surface area contributed by atoms with E-state index in [1.54, 1.807) is 12.1 Å². The predicted molar refractivity (Wildman–Crippen MR) is 94.4 cm³/mol. The molecular weight excluding hydrogens is 344 g/mol. The lowest BCUT2D eigenvalue weighted by molar-refractivity contribution is -0.145. The Bertz CT molecular complexity index is 683. The summed E-state index contributed by atoms with van der Waals surface area (Å²) in [6.45, 7) is 5.66. The van der Waals surface area contributed by atoms with E-state index in [1.165, 1.54) is 19.2 Å². The molecule has 0 saturated heterocycles. The molecule has 2 N–H and O–H groups in total. The summed E-state index contributed by atoms with van der Waals surface area (Å²) in [6.07, 6.45) is 0.379. The highest BCUT2D eigenvalue weighted by molar-refractivity contribution is 7.89. The fraction of sp³-hybridized carbons (Fsp3) is 0.529. The number of amides is 1. The lowest BCUT2D eigenvalue weighted by Crippen LogP contribution is -2.43. The largest absolute Gasteiger partial charge is 0.467 e. The van der Waals surface area contributed by atoms with Crippen LogP contribution in [0.15, 0.2) is 29.2 Å². The van der Waals surface area contributed by atoms with Crippen LogP contribution in [0.25, 0.3) is 0 Å². The van der Waals surface area contributed by atoms with Gasteiger partial charge in [0.25, 0.3) is 0 Å². The van der Waals surface area contributed by atoms with Gasteiger partial charge in [-0.05, 0) is 31.4 Å². The minimum atomic E-state index is -3.66. The summed E-state index contributed by atoms with van der Waals surface area (Å²) in [7, 11) is -2.40. The molecule has 0 aliphatic heterocycles. The monoisotopic (exact) mass is 370 g/mol. The van der Waals surface area contributed by atoms with E-state index in [2.05, 4.69) is 14.8 Å². The van der Waals surface area contributed by atoms with E-state index in [0.717, 1.165) is 5.56 Å². The summed E-state index contributed by atoms with van der Waals surface area (Å²) in [6, 6.07) is 5.69. The number of carbonyl (C=O) groups is 2. The maximum Gasteiger partial charge on any atom is 0.328 e. The van der Waals surface area contributed by atoms with Crippen LogP contribution in [0.4, 0.5) is 0 Å². The Morgan fingerprint density at radius 1 is 1.16 bits per heavy atom. The molecule has 0 heterocycles. The Kier molecular flexibility index (Phi) is 8.05. The molecule has 0 saturated carbocycles. The first-order valence-electron chi connectivity index (χ1n) is 8.09. The number of esters is 1. The second-order valence-electron chi connectivity index (χ2n) is 6.23.